The normalized spacial score (nSPS) is 23.2. The Balaban J connectivity index is 1.50. The molecule has 1 aromatic heterocycles. The Bertz CT molecular complexity index is 903. The number of rotatable bonds is 3. The van der Waals surface area contributed by atoms with E-state index in [4.69, 9.17) is 9.47 Å². The predicted molar refractivity (Wildman–Crippen MR) is 125 cm³/mol. The van der Waals surface area contributed by atoms with Gasteiger partial charge in [0.15, 0.2) is 0 Å². The van der Waals surface area contributed by atoms with Crippen LogP contribution in [0.15, 0.2) is 42.7 Å². The van der Waals surface area contributed by atoms with Crippen molar-refractivity contribution in [2.24, 2.45) is 5.92 Å². The molecular weight excluding hydrogens is 402 g/mol. The van der Waals surface area contributed by atoms with Gasteiger partial charge < -0.3 is 14.4 Å². The molecule has 0 radical (unpaired) electrons. The molecule has 4 bridgehead atoms. The highest BCUT2D eigenvalue weighted by Gasteiger charge is 2.31. The van der Waals surface area contributed by atoms with Crippen LogP contribution >= 0.6 is 0 Å². The van der Waals surface area contributed by atoms with E-state index in [-0.39, 0.29) is 12.0 Å². The molecule has 0 spiro atoms. The van der Waals surface area contributed by atoms with E-state index in [1.165, 1.54) is 11.1 Å². The molecule has 3 heterocycles. The first-order valence-corrected chi connectivity index (χ1v) is 11.8. The number of aromatic nitrogens is 1. The SMILES string of the molecule is CO[C@H]1CCN2C[C@H]1CCCCN(Cc1cncc(C)c1)CCOc1cccc(c1)C2=O. The molecular formula is C26H35N3O3. The Labute approximate surface area is 191 Å². The predicted octanol–water partition coefficient (Wildman–Crippen LogP) is 3.93. The second kappa shape index (κ2) is 10.9. The fourth-order valence-electron chi connectivity index (χ4n) is 4.95. The highest BCUT2D eigenvalue weighted by molar-refractivity contribution is 5.94. The highest BCUT2D eigenvalue weighted by atomic mass is 16.5. The Morgan fingerprint density at radius 1 is 1.12 bits per heavy atom. The number of ether oxygens (including phenoxy) is 2. The molecule has 6 heteroatoms. The number of amides is 1. The lowest BCUT2D eigenvalue weighted by Gasteiger charge is -2.38. The number of pyridine rings is 1. The number of piperidine rings is 1. The third-order valence-corrected chi connectivity index (χ3v) is 6.65. The molecule has 0 aliphatic carbocycles. The van der Waals surface area contributed by atoms with Gasteiger partial charge in [0, 0.05) is 57.2 Å². The van der Waals surface area contributed by atoms with Crippen LogP contribution in [0, 0.1) is 12.8 Å². The molecule has 2 aliphatic rings. The van der Waals surface area contributed by atoms with Crippen LogP contribution in [0.5, 0.6) is 5.75 Å². The van der Waals surface area contributed by atoms with Crippen molar-refractivity contribution < 1.29 is 14.3 Å². The summed E-state index contributed by atoms with van der Waals surface area (Å²) >= 11 is 0. The van der Waals surface area contributed by atoms with Gasteiger partial charge in [0.05, 0.1) is 6.10 Å². The number of hydrogen-bond donors (Lipinski definition) is 0. The van der Waals surface area contributed by atoms with Crippen molar-refractivity contribution in [2.75, 3.05) is 39.9 Å². The number of carbonyl (C=O) groups is 1. The number of methoxy groups -OCH3 is 1. The van der Waals surface area contributed by atoms with E-state index in [1.807, 2.05) is 41.6 Å². The van der Waals surface area contributed by atoms with Crippen LogP contribution in [0.3, 0.4) is 0 Å². The maximum absolute atomic E-state index is 13.2. The number of hydrogen-bond acceptors (Lipinski definition) is 5. The molecule has 6 nitrogen and oxygen atoms in total. The van der Waals surface area contributed by atoms with Gasteiger partial charge in [-0.15, -0.1) is 0 Å². The van der Waals surface area contributed by atoms with E-state index in [9.17, 15) is 4.79 Å². The first kappa shape index (κ1) is 22.7. The zero-order valence-electron chi connectivity index (χ0n) is 19.3. The number of benzene rings is 1. The average Bonchev–Trinajstić information content (AvgIpc) is 2.81. The van der Waals surface area contributed by atoms with Crippen LogP contribution in [-0.2, 0) is 11.3 Å². The summed E-state index contributed by atoms with van der Waals surface area (Å²) in [5.74, 6) is 1.24. The lowest BCUT2D eigenvalue weighted by Crippen LogP contribution is -2.46. The van der Waals surface area contributed by atoms with Crippen molar-refractivity contribution in [1.29, 1.82) is 0 Å². The zero-order valence-corrected chi connectivity index (χ0v) is 19.3. The van der Waals surface area contributed by atoms with Gasteiger partial charge in [0.2, 0.25) is 0 Å². The average molecular weight is 438 g/mol. The summed E-state index contributed by atoms with van der Waals surface area (Å²) in [5.41, 5.74) is 3.12. The van der Waals surface area contributed by atoms with E-state index in [2.05, 4.69) is 22.9 Å². The first-order chi connectivity index (χ1) is 15.6. The van der Waals surface area contributed by atoms with Crippen LogP contribution in [-0.4, -0.2) is 66.7 Å². The Morgan fingerprint density at radius 2 is 2.03 bits per heavy atom. The molecule has 1 aromatic carbocycles. The second-order valence-corrected chi connectivity index (χ2v) is 9.09. The minimum atomic E-state index is 0.0958. The van der Waals surface area contributed by atoms with Crippen LogP contribution in [0.25, 0.3) is 0 Å². The second-order valence-electron chi connectivity index (χ2n) is 9.09. The molecule has 2 atom stereocenters. The molecule has 0 saturated carbocycles. The third-order valence-electron chi connectivity index (χ3n) is 6.65. The smallest absolute Gasteiger partial charge is 0.254 e. The summed E-state index contributed by atoms with van der Waals surface area (Å²) in [6, 6.07) is 9.83. The quantitative estimate of drug-likeness (QED) is 0.728. The van der Waals surface area contributed by atoms with Crippen molar-refractivity contribution in [3.8, 4) is 5.75 Å². The molecule has 0 unspecified atom stereocenters. The van der Waals surface area contributed by atoms with E-state index in [0.29, 0.717) is 18.1 Å². The maximum Gasteiger partial charge on any atom is 0.254 e. The number of fused-ring (bicyclic) bond motifs is 4. The summed E-state index contributed by atoms with van der Waals surface area (Å²) in [6.45, 7) is 6.91. The van der Waals surface area contributed by atoms with E-state index in [1.54, 1.807) is 7.11 Å². The van der Waals surface area contributed by atoms with Crippen molar-refractivity contribution in [3.05, 3.63) is 59.4 Å². The first-order valence-electron chi connectivity index (χ1n) is 11.8. The monoisotopic (exact) mass is 437 g/mol. The fraction of sp³-hybridized carbons (Fsp3) is 0.538. The summed E-state index contributed by atoms with van der Waals surface area (Å²) in [7, 11) is 1.80. The third kappa shape index (κ3) is 5.87. The summed E-state index contributed by atoms with van der Waals surface area (Å²) < 4.78 is 11.8. The van der Waals surface area contributed by atoms with Crippen molar-refractivity contribution >= 4 is 5.91 Å². The van der Waals surface area contributed by atoms with Gasteiger partial charge in [-0.2, -0.15) is 0 Å². The molecule has 2 aromatic rings. The molecule has 32 heavy (non-hydrogen) atoms. The maximum atomic E-state index is 13.2. The van der Waals surface area contributed by atoms with Gasteiger partial charge in [-0.1, -0.05) is 18.6 Å². The van der Waals surface area contributed by atoms with Crippen LogP contribution < -0.4 is 4.74 Å². The largest absolute Gasteiger partial charge is 0.492 e. The van der Waals surface area contributed by atoms with Gasteiger partial charge >= 0.3 is 0 Å². The molecule has 172 valence electrons. The fourth-order valence-corrected chi connectivity index (χ4v) is 4.95. The van der Waals surface area contributed by atoms with Crippen molar-refractivity contribution in [3.63, 3.8) is 0 Å². The van der Waals surface area contributed by atoms with Crippen LogP contribution in [0.1, 0.15) is 47.2 Å². The van der Waals surface area contributed by atoms with Crippen LogP contribution in [0.4, 0.5) is 0 Å². The van der Waals surface area contributed by atoms with Gasteiger partial charge in [0.1, 0.15) is 12.4 Å². The Kier molecular flexibility index (Phi) is 7.76. The van der Waals surface area contributed by atoms with Crippen molar-refractivity contribution in [2.45, 2.75) is 45.3 Å². The molecule has 1 amide bonds. The minimum absolute atomic E-state index is 0.0958. The highest BCUT2D eigenvalue weighted by Crippen LogP contribution is 2.27. The minimum Gasteiger partial charge on any atom is -0.492 e. The zero-order chi connectivity index (χ0) is 22.3. The Morgan fingerprint density at radius 3 is 2.88 bits per heavy atom. The topological polar surface area (TPSA) is 54.9 Å². The number of aryl methyl sites for hydroxylation is 1. The van der Waals surface area contributed by atoms with Crippen molar-refractivity contribution in [1.82, 2.24) is 14.8 Å². The summed E-state index contributed by atoms with van der Waals surface area (Å²) in [6.07, 6.45) is 8.31. The van der Waals surface area contributed by atoms with E-state index >= 15 is 0 Å². The standard InChI is InChI=1S/C26H35N3O3/c1-20-14-21(17-27-16-20)18-28-10-4-3-6-23-19-29(11-9-25(23)31-2)26(30)22-7-5-8-24(15-22)32-13-12-28/h5,7-8,14-17,23,25H,3-4,6,9-13,18-19H2,1-2H3/t23-,25+/m1/s1. The van der Waals surface area contributed by atoms with Gasteiger partial charge in [-0.3, -0.25) is 14.7 Å². The molecule has 1 saturated heterocycles. The molecule has 2 aliphatic heterocycles. The lowest BCUT2D eigenvalue weighted by molar-refractivity contribution is -0.00676. The molecule has 1 fully saturated rings. The van der Waals surface area contributed by atoms with E-state index < -0.39 is 0 Å². The van der Waals surface area contributed by atoms with Crippen LogP contribution in [0.2, 0.25) is 0 Å². The summed E-state index contributed by atoms with van der Waals surface area (Å²) in [5, 5.41) is 0. The van der Waals surface area contributed by atoms with Gasteiger partial charge in [-0.05, 0) is 62.1 Å². The Hall–Kier alpha value is -2.44. The van der Waals surface area contributed by atoms with Gasteiger partial charge in [-0.25, -0.2) is 0 Å². The molecule has 4 rings (SSSR count). The number of carbonyl (C=O) groups excluding carboxylic acids is 1. The number of nitrogens with zero attached hydrogens (tertiary/aromatic N) is 3. The molecule has 0 N–H and O–H groups in total. The summed E-state index contributed by atoms with van der Waals surface area (Å²) in [4.78, 5) is 22.0. The van der Waals surface area contributed by atoms with Gasteiger partial charge in [0.25, 0.3) is 5.91 Å². The lowest BCUT2D eigenvalue weighted by atomic mass is 9.89. The van der Waals surface area contributed by atoms with E-state index in [0.717, 1.165) is 64.2 Å².